The lowest BCUT2D eigenvalue weighted by Crippen LogP contribution is -2.46. The van der Waals surface area contributed by atoms with E-state index in [0.29, 0.717) is 52.0 Å². The fraction of sp³-hybridized carbons (Fsp3) is 0.318. The first-order chi connectivity index (χ1) is 15.5. The molecule has 10 heteroatoms. The lowest BCUT2D eigenvalue weighted by Gasteiger charge is -2.33. The number of aromatic nitrogens is 2. The van der Waals surface area contributed by atoms with Gasteiger partial charge >= 0.3 is 0 Å². The van der Waals surface area contributed by atoms with Crippen molar-refractivity contribution in [2.24, 2.45) is 0 Å². The number of amides is 1. The molecule has 0 aliphatic carbocycles. The average Bonchev–Trinajstić information content (AvgIpc) is 3.25. The lowest BCUT2D eigenvalue weighted by molar-refractivity contribution is -0.116. The van der Waals surface area contributed by atoms with Crippen LogP contribution in [0.25, 0.3) is 11.4 Å². The molecule has 1 amide bonds. The third-order valence-electron chi connectivity index (χ3n) is 5.28. The maximum atomic E-state index is 12.3. The highest BCUT2D eigenvalue weighted by molar-refractivity contribution is 6.39. The Kier molecular flexibility index (Phi) is 7.65. The van der Waals surface area contributed by atoms with Crippen LogP contribution in [0.3, 0.4) is 0 Å². The quantitative estimate of drug-likeness (QED) is 0.506. The van der Waals surface area contributed by atoms with Gasteiger partial charge in [-0.05, 0) is 36.4 Å². The molecule has 1 fully saturated rings. The van der Waals surface area contributed by atoms with Gasteiger partial charge in [0.25, 0.3) is 0 Å². The molecule has 168 valence electrons. The molecule has 0 bridgehead atoms. The minimum atomic E-state index is -0.108. The van der Waals surface area contributed by atoms with Crippen LogP contribution in [-0.2, 0) is 11.3 Å². The van der Waals surface area contributed by atoms with Crippen LogP contribution in [0.2, 0.25) is 15.1 Å². The fourth-order valence-corrected chi connectivity index (χ4v) is 4.09. The van der Waals surface area contributed by atoms with E-state index in [2.05, 4.69) is 25.3 Å². The van der Waals surface area contributed by atoms with E-state index in [1.165, 1.54) is 0 Å². The molecule has 1 aliphatic heterocycles. The molecule has 0 radical (unpaired) electrons. The molecule has 1 saturated heterocycles. The monoisotopic (exact) mass is 493 g/mol. The Labute approximate surface area is 201 Å². The van der Waals surface area contributed by atoms with Crippen molar-refractivity contribution < 1.29 is 9.32 Å². The number of carbonyl (C=O) groups is 1. The summed E-state index contributed by atoms with van der Waals surface area (Å²) < 4.78 is 5.41. The number of carbonyl (C=O) groups excluding carboxylic acids is 1. The van der Waals surface area contributed by atoms with Gasteiger partial charge in [0.15, 0.2) is 0 Å². The van der Waals surface area contributed by atoms with Gasteiger partial charge in [0.1, 0.15) is 0 Å². The maximum absolute atomic E-state index is 12.3. The summed E-state index contributed by atoms with van der Waals surface area (Å²) in [4.78, 5) is 21.3. The van der Waals surface area contributed by atoms with Crippen LogP contribution in [0.5, 0.6) is 0 Å². The van der Waals surface area contributed by atoms with E-state index in [4.69, 9.17) is 39.3 Å². The van der Waals surface area contributed by atoms with Gasteiger partial charge in [-0.3, -0.25) is 9.69 Å². The SMILES string of the molecule is O=C(CCN1CCN(Cc2nc(-c3ccc(Cl)cc3)no2)CC1)Nc1c(Cl)cccc1Cl. The summed E-state index contributed by atoms with van der Waals surface area (Å²) in [5, 5.41) is 8.39. The summed E-state index contributed by atoms with van der Waals surface area (Å²) in [6, 6.07) is 12.5. The summed E-state index contributed by atoms with van der Waals surface area (Å²) in [5.41, 5.74) is 1.33. The molecule has 1 N–H and O–H groups in total. The summed E-state index contributed by atoms with van der Waals surface area (Å²) in [7, 11) is 0. The van der Waals surface area contributed by atoms with E-state index in [-0.39, 0.29) is 5.91 Å². The Hall–Kier alpha value is -2.16. The highest BCUT2D eigenvalue weighted by Crippen LogP contribution is 2.29. The number of rotatable bonds is 7. The molecule has 0 atom stereocenters. The van der Waals surface area contributed by atoms with Crippen LogP contribution in [0.4, 0.5) is 5.69 Å². The third-order valence-corrected chi connectivity index (χ3v) is 6.16. The molecule has 2 aromatic carbocycles. The lowest BCUT2D eigenvalue weighted by atomic mass is 10.2. The highest BCUT2D eigenvalue weighted by atomic mass is 35.5. The molecule has 0 spiro atoms. The number of hydrogen-bond donors (Lipinski definition) is 1. The number of nitrogens with one attached hydrogen (secondary N) is 1. The largest absolute Gasteiger partial charge is 0.338 e. The third kappa shape index (κ3) is 5.99. The minimum Gasteiger partial charge on any atom is -0.338 e. The van der Waals surface area contributed by atoms with Crippen molar-refractivity contribution >= 4 is 46.4 Å². The molecule has 1 aromatic heterocycles. The smallest absolute Gasteiger partial charge is 0.241 e. The molecule has 7 nitrogen and oxygen atoms in total. The first-order valence-electron chi connectivity index (χ1n) is 10.2. The Morgan fingerprint density at radius 3 is 2.31 bits per heavy atom. The second-order valence-electron chi connectivity index (χ2n) is 7.53. The van der Waals surface area contributed by atoms with Crippen molar-refractivity contribution in [1.82, 2.24) is 19.9 Å². The van der Waals surface area contributed by atoms with Crippen LogP contribution in [0.15, 0.2) is 47.0 Å². The molecule has 32 heavy (non-hydrogen) atoms. The van der Waals surface area contributed by atoms with Crippen LogP contribution < -0.4 is 5.32 Å². The van der Waals surface area contributed by atoms with Gasteiger partial charge in [-0.2, -0.15) is 4.98 Å². The van der Waals surface area contributed by atoms with E-state index in [1.807, 2.05) is 12.1 Å². The van der Waals surface area contributed by atoms with Crippen molar-refractivity contribution in [3.05, 3.63) is 63.4 Å². The van der Waals surface area contributed by atoms with E-state index < -0.39 is 0 Å². The minimum absolute atomic E-state index is 0.108. The summed E-state index contributed by atoms with van der Waals surface area (Å²) in [5.74, 6) is 1.03. The molecule has 0 saturated carbocycles. The zero-order valence-corrected chi connectivity index (χ0v) is 19.5. The summed E-state index contributed by atoms with van der Waals surface area (Å²) >= 11 is 18.1. The van der Waals surface area contributed by atoms with Crippen LogP contribution in [0.1, 0.15) is 12.3 Å². The predicted octanol–water partition coefficient (Wildman–Crippen LogP) is 4.84. The van der Waals surface area contributed by atoms with Crippen LogP contribution in [-0.4, -0.2) is 58.6 Å². The molecule has 3 aromatic rings. The Bertz CT molecular complexity index is 1050. The normalized spacial score (nSPS) is 15.1. The van der Waals surface area contributed by atoms with Crippen LogP contribution >= 0.6 is 34.8 Å². The average molecular weight is 495 g/mol. The number of anilines is 1. The summed E-state index contributed by atoms with van der Waals surface area (Å²) in [6.45, 7) is 4.70. The zero-order chi connectivity index (χ0) is 22.5. The molecule has 0 unspecified atom stereocenters. The molecule has 2 heterocycles. The first kappa shape index (κ1) is 23.0. The van der Waals surface area contributed by atoms with Crippen molar-refractivity contribution in [2.45, 2.75) is 13.0 Å². The number of nitrogens with zero attached hydrogens (tertiary/aromatic N) is 4. The second kappa shape index (κ2) is 10.6. The molecule has 4 rings (SSSR count). The Morgan fingerprint density at radius 2 is 1.62 bits per heavy atom. The van der Waals surface area contributed by atoms with Gasteiger partial charge in [0.05, 0.1) is 22.3 Å². The molecule has 1 aliphatic rings. The second-order valence-corrected chi connectivity index (χ2v) is 8.78. The highest BCUT2D eigenvalue weighted by Gasteiger charge is 2.20. The van der Waals surface area contributed by atoms with Crippen molar-refractivity contribution in [1.29, 1.82) is 0 Å². The van der Waals surface area contributed by atoms with Crippen molar-refractivity contribution in [3.63, 3.8) is 0 Å². The van der Waals surface area contributed by atoms with Crippen molar-refractivity contribution in [3.8, 4) is 11.4 Å². The van der Waals surface area contributed by atoms with E-state index in [0.717, 1.165) is 31.7 Å². The molecular weight excluding hydrogens is 473 g/mol. The standard InChI is InChI=1S/C22H22Cl3N5O2/c23-16-6-4-15(5-7-16)22-27-20(32-28-22)14-30-12-10-29(11-13-30)9-8-19(31)26-21-17(24)2-1-3-18(21)25/h1-7H,8-14H2,(H,26,31). The van der Waals surface area contributed by atoms with E-state index in [1.54, 1.807) is 30.3 Å². The fourth-order valence-electron chi connectivity index (χ4n) is 3.48. The van der Waals surface area contributed by atoms with Gasteiger partial charge in [-0.1, -0.05) is 46.0 Å². The van der Waals surface area contributed by atoms with Gasteiger partial charge in [0.2, 0.25) is 17.6 Å². The number of para-hydroxylation sites is 1. The number of benzene rings is 2. The Morgan fingerprint density at radius 1 is 0.969 bits per heavy atom. The van der Waals surface area contributed by atoms with Gasteiger partial charge < -0.3 is 14.7 Å². The van der Waals surface area contributed by atoms with E-state index in [9.17, 15) is 4.79 Å². The maximum Gasteiger partial charge on any atom is 0.241 e. The number of halogens is 3. The van der Waals surface area contributed by atoms with Crippen molar-refractivity contribution in [2.75, 3.05) is 38.0 Å². The zero-order valence-electron chi connectivity index (χ0n) is 17.2. The van der Waals surface area contributed by atoms with Gasteiger partial charge in [0, 0.05) is 49.7 Å². The molecular formula is C22H22Cl3N5O2. The van der Waals surface area contributed by atoms with Crippen LogP contribution in [0, 0.1) is 0 Å². The van der Waals surface area contributed by atoms with Gasteiger partial charge in [-0.15, -0.1) is 0 Å². The summed E-state index contributed by atoms with van der Waals surface area (Å²) in [6.07, 6.45) is 0.371. The topological polar surface area (TPSA) is 74.5 Å². The first-order valence-corrected chi connectivity index (χ1v) is 11.4. The predicted molar refractivity (Wildman–Crippen MR) is 126 cm³/mol. The van der Waals surface area contributed by atoms with Gasteiger partial charge in [-0.25, -0.2) is 0 Å². The number of piperazine rings is 1. The number of hydrogen-bond acceptors (Lipinski definition) is 6. The Balaban J connectivity index is 1.21. The van der Waals surface area contributed by atoms with E-state index >= 15 is 0 Å².